The molecular formula is C14H10BrN3O2. The third-order valence-corrected chi connectivity index (χ3v) is 3.37. The number of halogens is 1. The summed E-state index contributed by atoms with van der Waals surface area (Å²) in [5, 5.41) is 0. The minimum Gasteiger partial charge on any atom is -0.420 e. The minimum atomic E-state index is -0.438. The van der Waals surface area contributed by atoms with Gasteiger partial charge in [-0.15, -0.1) is 0 Å². The molecule has 20 heavy (non-hydrogen) atoms. The molecule has 0 saturated carbocycles. The highest BCUT2D eigenvalue weighted by Gasteiger charge is 2.12. The van der Waals surface area contributed by atoms with Gasteiger partial charge in [0.05, 0.1) is 23.6 Å². The van der Waals surface area contributed by atoms with Gasteiger partial charge in [-0.05, 0) is 47.1 Å². The quantitative estimate of drug-likeness (QED) is 0.535. The van der Waals surface area contributed by atoms with E-state index in [2.05, 4.69) is 25.9 Å². The van der Waals surface area contributed by atoms with Gasteiger partial charge >= 0.3 is 5.97 Å². The summed E-state index contributed by atoms with van der Waals surface area (Å²) in [4.78, 5) is 20.3. The molecule has 5 nitrogen and oxygen atoms in total. The second-order valence-electron chi connectivity index (χ2n) is 4.27. The zero-order valence-electron chi connectivity index (χ0n) is 10.6. The van der Waals surface area contributed by atoms with Gasteiger partial charge in [-0.1, -0.05) is 0 Å². The summed E-state index contributed by atoms with van der Waals surface area (Å²) in [7, 11) is 0. The van der Waals surface area contributed by atoms with Crippen molar-refractivity contribution >= 4 is 27.4 Å². The lowest BCUT2D eigenvalue weighted by Crippen LogP contribution is -2.10. The maximum absolute atomic E-state index is 12.1. The fraction of sp³-hybridized carbons (Fsp3) is 0.0714. The highest BCUT2D eigenvalue weighted by atomic mass is 79.9. The van der Waals surface area contributed by atoms with Crippen molar-refractivity contribution in [1.82, 2.24) is 14.4 Å². The van der Waals surface area contributed by atoms with E-state index in [0.29, 0.717) is 15.9 Å². The first-order valence-corrected chi connectivity index (χ1v) is 6.70. The van der Waals surface area contributed by atoms with Crippen molar-refractivity contribution in [3.63, 3.8) is 0 Å². The van der Waals surface area contributed by atoms with Crippen molar-refractivity contribution < 1.29 is 9.53 Å². The van der Waals surface area contributed by atoms with Crippen LogP contribution in [0.5, 0.6) is 5.75 Å². The Bertz CT molecular complexity index is 798. The van der Waals surface area contributed by atoms with Crippen molar-refractivity contribution in [2.45, 2.75) is 6.92 Å². The lowest BCUT2D eigenvalue weighted by Gasteiger charge is -2.06. The van der Waals surface area contributed by atoms with Gasteiger partial charge in [-0.2, -0.15) is 0 Å². The summed E-state index contributed by atoms with van der Waals surface area (Å²) >= 11 is 3.28. The van der Waals surface area contributed by atoms with E-state index < -0.39 is 5.97 Å². The first-order valence-electron chi connectivity index (χ1n) is 5.90. The third kappa shape index (κ3) is 2.42. The van der Waals surface area contributed by atoms with E-state index >= 15 is 0 Å². The Morgan fingerprint density at radius 2 is 2.15 bits per heavy atom. The maximum Gasteiger partial charge on any atom is 0.345 e. The lowest BCUT2D eigenvalue weighted by atomic mass is 10.3. The van der Waals surface area contributed by atoms with E-state index in [1.807, 2.05) is 13.0 Å². The number of hydrogen-bond donors (Lipinski definition) is 0. The van der Waals surface area contributed by atoms with E-state index in [1.165, 1.54) is 0 Å². The van der Waals surface area contributed by atoms with Gasteiger partial charge in [-0.3, -0.25) is 0 Å². The molecule has 0 amide bonds. The highest BCUT2D eigenvalue weighted by Crippen LogP contribution is 2.23. The Morgan fingerprint density at radius 3 is 2.95 bits per heavy atom. The van der Waals surface area contributed by atoms with Crippen LogP contribution < -0.4 is 4.74 Å². The Hall–Kier alpha value is -2.21. The fourth-order valence-corrected chi connectivity index (χ4v) is 2.28. The van der Waals surface area contributed by atoms with Crippen LogP contribution in [0.3, 0.4) is 0 Å². The molecule has 0 bridgehead atoms. The zero-order chi connectivity index (χ0) is 14.1. The molecular weight excluding hydrogens is 322 g/mol. The number of hydrogen-bond acceptors (Lipinski definition) is 4. The van der Waals surface area contributed by atoms with Crippen LogP contribution in [0.25, 0.3) is 5.52 Å². The number of aryl methyl sites for hydroxylation is 1. The van der Waals surface area contributed by atoms with Gasteiger partial charge < -0.3 is 9.14 Å². The van der Waals surface area contributed by atoms with Gasteiger partial charge in [0.1, 0.15) is 4.60 Å². The highest BCUT2D eigenvalue weighted by molar-refractivity contribution is 9.10. The summed E-state index contributed by atoms with van der Waals surface area (Å²) in [5.41, 5.74) is 2.21. The van der Waals surface area contributed by atoms with Crippen LogP contribution in [0.15, 0.2) is 47.6 Å². The fourth-order valence-electron chi connectivity index (χ4n) is 1.79. The monoisotopic (exact) mass is 331 g/mol. The first kappa shape index (κ1) is 12.8. The molecule has 0 saturated heterocycles. The van der Waals surface area contributed by atoms with Gasteiger partial charge in [0.2, 0.25) is 0 Å². The van der Waals surface area contributed by atoms with Crippen LogP contribution in [0.4, 0.5) is 0 Å². The molecule has 6 heteroatoms. The number of carbonyl (C=O) groups excluding carboxylic acids is 1. The lowest BCUT2D eigenvalue weighted by molar-refractivity contribution is 0.0732. The minimum absolute atomic E-state index is 0.395. The molecule has 3 heterocycles. The zero-order valence-corrected chi connectivity index (χ0v) is 12.2. The summed E-state index contributed by atoms with van der Waals surface area (Å²) in [6, 6.07) is 7.01. The molecule has 0 unspecified atom stereocenters. The average molecular weight is 332 g/mol. The number of imidazole rings is 1. The van der Waals surface area contributed by atoms with Gasteiger partial charge in [0.15, 0.2) is 5.75 Å². The molecule has 0 fully saturated rings. The predicted molar refractivity (Wildman–Crippen MR) is 76.8 cm³/mol. The van der Waals surface area contributed by atoms with Crippen LogP contribution in [0.1, 0.15) is 16.1 Å². The van der Waals surface area contributed by atoms with Crippen LogP contribution in [-0.4, -0.2) is 20.3 Å². The molecule has 0 N–H and O–H groups in total. The van der Waals surface area contributed by atoms with Crippen molar-refractivity contribution in [2.75, 3.05) is 0 Å². The molecule has 0 radical (unpaired) electrons. The van der Waals surface area contributed by atoms with E-state index in [0.717, 1.165) is 11.2 Å². The Labute approximate surface area is 123 Å². The molecule has 0 aromatic carbocycles. The Balaban J connectivity index is 1.88. The summed E-state index contributed by atoms with van der Waals surface area (Å²) in [6.07, 6.45) is 5.03. The number of esters is 1. The van der Waals surface area contributed by atoms with E-state index in [4.69, 9.17) is 4.74 Å². The number of pyridine rings is 2. The Morgan fingerprint density at radius 1 is 1.30 bits per heavy atom. The van der Waals surface area contributed by atoms with Crippen LogP contribution in [0, 0.1) is 6.92 Å². The number of aromatic nitrogens is 3. The molecule has 0 aliphatic heterocycles. The van der Waals surface area contributed by atoms with E-state index in [9.17, 15) is 4.79 Å². The Kier molecular flexibility index (Phi) is 3.23. The SMILES string of the molecule is Cc1ccc(OC(=O)c2ccc3cncn3c2)c(Br)n1. The van der Waals surface area contributed by atoms with Crippen LogP contribution >= 0.6 is 15.9 Å². The number of rotatable bonds is 2. The van der Waals surface area contributed by atoms with Crippen molar-refractivity contribution in [3.8, 4) is 5.75 Å². The molecule has 0 aliphatic rings. The first-order chi connectivity index (χ1) is 9.63. The van der Waals surface area contributed by atoms with Crippen LogP contribution in [0.2, 0.25) is 0 Å². The van der Waals surface area contributed by atoms with Crippen molar-refractivity contribution in [3.05, 3.63) is 58.8 Å². The van der Waals surface area contributed by atoms with Gasteiger partial charge in [0.25, 0.3) is 0 Å². The summed E-state index contributed by atoms with van der Waals surface area (Å²) < 4.78 is 7.60. The number of nitrogens with zero attached hydrogens (tertiary/aromatic N) is 3. The molecule has 0 atom stereocenters. The summed E-state index contributed by atoms with van der Waals surface area (Å²) in [5.74, 6) is -0.0433. The number of ether oxygens (including phenoxy) is 1. The van der Waals surface area contributed by atoms with E-state index in [-0.39, 0.29) is 0 Å². The molecule has 3 rings (SSSR count). The topological polar surface area (TPSA) is 56.5 Å². The van der Waals surface area contributed by atoms with Gasteiger partial charge in [0, 0.05) is 11.9 Å². The number of fused-ring (bicyclic) bond motifs is 1. The maximum atomic E-state index is 12.1. The normalized spacial score (nSPS) is 10.7. The standard InChI is InChI=1S/C14H10BrN3O2/c1-9-2-5-12(13(15)17-9)20-14(19)10-3-4-11-6-16-8-18(11)7-10/h2-8H,1H3. The molecule has 100 valence electrons. The molecule has 3 aromatic rings. The summed E-state index contributed by atoms with van der Waals surface area (Å²) in [6.45, 7) is 1.86. The van der Waals surface area contributed by atoms with Crippen LogP contribution in [-0.2, 0) is 0 Å². The third-order valence-electron chi connectivity index (χ3n) is 2.80. The van der Waals surface area contributed by atoms with E-state index in [1.54, 1.807) is 41.3 Å². The largest absolute Gasteiger partial charge is 0.420 e. The molecule has 0 aliphatic carbocycles. The second-order valence-corrected chi connectivity index (χ2v) is 5.03. The second kappa shape index (κ2) is 5.05. The van der Waals surface area contributed by atoms with Crippen molar-refractivity contribution in [2.24, 2.45) is 0 Å². The predicted octanol–water partition coefficient (Wildman–Crippen LogP) is 3.02. The smallest absolute Gasteiger partial charge is 0.345 e. The average Bonchev–Trinajstić information content (AvgIpc) is 2.89. The molecule has 3 aromatic heterocycles. The molecule has 0 spiro atoms. The van der Waals surface area contributed by atoms with Gasteiger partial charge in [-0.25, -0.2) is 14.8 Å². The number of carbonyl (C=O) groups is 1. The van der Waals surface area contributed by atoms with Crippen molar-refractivity contribution in [1.29, 1.82) is 0 Å².